The Labute approximate surface area is 357 Å². The van der Waals surface area contributed by atoms with E-state index in [2.05, 4.69) is 84.3 Å². The van der Waals surface area contributed by atoms with Crippen molar-refractivity contribution in [2.45, 2.75) is 91.1 Å². The van der Waals surface area contributed by atoms with E-state index in [1.807, 2.05) is 84.3 Å². The van der Waals surface area contributed by atoms with Gasteiger partial charge in [-0.15, -0.1) is 0 Å². The maximum atomic E-state index is 12.5. The van der Waals surface area contributed by atoms with Crippen molar-refractivity contribution >= 4 is 35.1 Å². The highest BCUT2D eigenvalue weighted by Crippen LogP contribution is 2.26. The molecule has 322 valence electrons. The van der Waals surface area contributed by atoms with Crippen molar-refractivity contribution in [3.63, 3.8) is 0 Å². The number of piperidine rings is 2. The third kappa shape index (κ3) is 15.7. The van der Waals surface area contributed by atoms with Crippen LogP contribution in [0.15, 0.2) is 121 Å². The van der Waals surface area contributed by atoms with Crippen molar-refractivity contribution in [2.24, 2.45) is 11.8 Å². The normalized spacial score (nSPS) is 15.9. The number of carboxylic acids is 2. The number of carbonyl (C=O) groups excluding carboxylic acids is 2. The fourth-order valence-electron chi connectivity index (χ4n) is 8.15. The molecule has 0 aromatic heterocycles. The number of amides is 2. The lowest BCUT2D eigenvalue weighted by atomic mass is 9.89. The molecule has 0 spiro atoms. The number of benzene rings is 4. The first-order valence-corrected chi connectivity index (χ1v) is 21.7. The largest absolute Gasteiger partial charge is 0.473 e. The van der Waals surface area contributed by atoms with Gasteiger partial charge in [0.05, 0.1) is 0 Å². The van der Waals surface area contributed by atoms with Crippen LogP contribution in [0, 0.1) is 11.8 Å². The quantitative estimate of drug-likeness (QED) is 0.121. The van der Waals surface area contributed by atoms with Crippen LogP contribution in [0.3, 0.4) is 0 Å². The number of anilines is 2. The summed E-state index contributed by atoms with van der Waals surface area (Å²) in [5.41, 5.74) is 4.92. The van der Waals surface area contributed by atoms with Crippen LogP contribution in [0.5, 0.6) is 0 Å². The zero-order valence-electron chi connectivity index (χ0n) is 36.1. The Balaban J connectivity index is 0.000000233. The summed E-state index contributed by atoms with van der Waals surface area (Å²) < 4.78 is 0. The number of para-hydroxylation sites is 2. The fraction of sp³-hybridized carbons (Fsp3) is 0.440. The van der Waals surface area contributed by atoms with Gasteiger partial charge in [0.2, 0.25) is 11.8 Å². The second kappa shape index (κ2) is 25.3. The number of aliphatic carboxylic acids is 2. The van der Waals surface area contributed by atoms with Gasteiger partial charge in [0.15, 0.2) is 0 Å². The smallest absolute Gasteiger partial charge is 0.414 e. The Morgan fingerprint density at radius 1 is 0.517 bits per heavy atom. The van der Waals surface area contributed by atoms with Gasteiger partial charge in [-0.1, -0.05) is 111 Å². The lowest BCUT2D eigenvalue weighted by molar-refractivity contribution is -0.159. The first kappa shape index (κ1) is 47.4. The van der Waals surface area contributed by atoms with Crippen molar-refractivity contribution in [3.05, 3.63) is 132 Å². The maximum absolute atomic E-state index is 12.5. The number of carbonyl (C=O) groups is 4. The van der Waals surface area contributed by atoms with E-state index < -0.39 is 11.9 Å². The van der Waals surface area contributed by atoms with Crippen LogP contribution < -0.4 is 9.80 Å². The fourth-order valence-corrected chi connectivity index (χ4v) is 8.15. The molecule has 4 aromatic carbocycles. The average Bonchev–Trinajstić information content (AvgIpc) is 3.29. The third-order valence-corrected chi connectivity index (χ3v) is 11.7. The second-order valence-electron chi connectivity index (χ2n) is 16.0. The minimum atomic E-state index is -1.82. The van der Waals surface area contributed by atoms with Crippen molar-refractivity contribution in [1.29, 1.82) is 0 Å². The molecule has 2 fully saturated rings. The van der Waals surface area contributed by atoms with E-state index in [0.717, 1.165) is 62.5 Å². The Kier molecular flexibility index (Phi) is 20.0. The molecule has 10 heteroatoms. The molecule has 2 aliphatic heterocycles. The van der Waals surface area contributed by atoms with Crippen molar-refractivity contribution in [3.8, 4) is 0 Å². The van der Waals surface area contributed by atoms with E-state index in [1.54, 1.807) is 0 Å². The SMILES string of the molecule is CCC(=O)N(C[C@@H](C)N1CCC(Cc2ccccc2)CC1)c1ccccc1.CCC(=O)N(C[C@@H](C)N1CCC(Cc2ccccc2)CC1)c1ccccc1.O=C(O)C(=O)O. The van der Waals surface area contributed by atoms with E-state index in [4.69, 9.17) is 19.8 Å². The van der Waals surface area contributed by atoms with E-state index in [9.17, 15) is 9.59 Å². The Morgan fingerprint density at radius 3 is 1.07 bits per heavy atom. The van der Waals surface area contributed by atoms with Crippen LogP contribution in [-0.4, -0.2) is 95.1 Å². The molecule has 0 bridgehead atoms. The molecular weight excluding hydrogens is 753 g/mol. The Hall–Kier alpha value is -5.32. The highest BCUT2D eigenvalue weighted by molar-refractivity contribution is 6.27. The van der Waals surface area contributed by atoms with E-state index in [-0.39, 0.29) is 11.8 Å². The highest BCUT2D eigenvalue weighted by atomic mass is 16.4. The summed E-state index contributed by atoms with van der Waals surface area (Å²) in [5.74, 6) is -1.69. The molecule has 2 amide bonds. The molecule has 60 heavy (non-hydrogen) atoms. The van der Waals surface area contributed by atoms with Gasteiger partial charge in [-0.2, -0.15) is 0 Å². The summed E-state index contributed by atoms with van der Waals surface area (Å²) in [5, 5.41) is 14.8. The predicted octanol–water partition coefficient (Wildman–Crippen LogP) is 8.70. The molecule has 2 N–H and O–H groups in total. The van der Waals surface area contributed by atoms with Crippen LogP contribution >= 0.6 is 0 Å². The van der Waals surface area contributed by atoms with E-state index >= 15 is 0 Å². The summed E-state index contributed by atoms with van der Waals surface area (Å²) >= 11 is 0. The van der Waals surface area contributed by atoms with Gasteiger partial charge >= 0.3 is 11.9 Å². The Morgan fingerprint density at radius 2 is 0.800 bits per heavy atom. The Bertz CT molecular complexity index is 1710. The highest BCUT2D eigenvalue weighted by Gasteiger charge is 2.27. The molecule has 4 aromatic rings. The summed E-state index contributed by atoms with van der Waals surface area (Å²) in [6.45, 7) is 14.4. The zero-order chi connectivity index (χ0) is 43.3. The molecule has 2 atom stereocenters. The summed E-state index contributed by atoms with van der Waals surface area (Å²) in [4.78, 5) is 52.2. The van der Waals surface area contributed by atoms with E-state index in [1.165, 1.54) is 49.7 Å². The third-order valence-electron chi connectivity index (χ3n) is 11.7. The molecule has 0 aliphatic carbocycles. The van der Waals surface area contributed by atoms with Crippen LogP contribution in [0.2, 0.25) is 0 Å². The van der Waals surface area contributed by atoms with Crippen molar-refractivity contribution in [1.82, 2.24) is 9.80 Å². The molecule has 0 saturated carbocycles. The molecule has 10 nitrogen and oxygen atoms in total. The van der Waals surface area contributed by atoms with Crippen LogP contribution in [0.4, 0.5) is 11.4 Å². The summed E-state index contributed by atoms with van der Waals surface area (Å²) in [6, 6.07) is 42.6. The maximum Gasteiger partial charge on any atom is 0.414 e. The summed E-state index contributed by atoms with van der Waals surface area (Å²) in [7, 11) is 0. The molecular formula is C50H66N4O6. The zero-order valence-corrected chi connectivity index (χ0v) is 36.1. The number of nitrogens with zero attached hydrogens (tertiary/aromatic N) is 4. The minimum absolute atomic E-state index is 0.201. The number of rotatable bonds is 14. The van der Waals surface area contributed by atoms with Gasteiger partial charge < -0.3 is 20.0 Å². The van der Waals surface area contributed by atoms with Gasteiger partial charge in [0.1, 0.15) is 0 Å². The molecule has 2 heterocycles. The van der Waals surface area contributed by atoms with Crippen molar-refractivity contribution < 1.29 is 29.4 Å². The number of likely N-dealkylation sites (tertiary alicyclic amines) is 2. The predicted molar refractivity (Wildman–Crippen MR) is 241 cm³/mol. The molecule has 0 unspecified atom stereocenters. The molecule has 2 saturated heterocycles. The second-order valence-corrected chi connectivity index (χ2v) is 16.0. The van der Waals surface area contributed by atoms with Crippen LogP contribution in [0.25, 0.3) is 0 Å². The van der Waals surface area contributed by atoms with Crippen LogP contribution in [0.1, 0.15) is 77.3 Å². The standard InChI is InChI=1S/2C24H32N2O.C2H2O4/c2*1-3-24(27)26(23-12-8-5-9-13-23)19-20(2)25-16-14-22(15-17-25)18-21-10-6-4-7-11-21;3-1(4)2(5)6/h2*4-13,20,22H,3,14-19H2,1-2H3;(H,3,4)(H,5,6)/t2*20-;/m11./s1. The van der Waals surface area contributed by atoms with Gasteiger partial charge in [-0.3, -0.25) is 19.4 Å². The molecule has 2 aliphatic rings. The summed E-state index contributed by atoms with van der Waals surface area (Å²) in [6.07, 6.45) is 8.43. The number of hydrogen-bond acceptors (Lipinski definition) is 6. The van der Waals surface area contributed by atoms with E-state index in [0.29, 0.717) is 24.9 Å². The molecule has 6 rings (SSSR count). The first-order chi connectivity index (χ1) is 29.0. The van der Waals surface area contributed by atoms with Crippen molar-refractivity contribution in [2.75, 3.05) is 49.1 Å². The lowest BCUT2D eigenvalue weighted by Gasteiger charge is -2.38. The average molecular weight is 819 g/mol. The number of carboxylic acid groups (broad SMARTS) is 2. The molecule has 0 radical (unpaired) electrons. The van der Waals surface area contributed by atoms with Gasteiger partial charge in [0, 0.05) is 49.4 Å². The lowest BCUT2D eigenvalue weighted by Crippen LogP contribution is -2.47. The van der Waals surface area contributed by atoms with Gasteiger partial charge in [0.25, 0.3) is 0 Å². The topological polar surface area (TPSA) is 122 Å². The van der Waals surface area contributed by atoms with Gasteiger partial charge in [-0.05, 0) is 126 Å². The minimum Gasteiger partial charge on any atom is -0.473 e. The van der Waals surface area contributed by atoms with Gasteiger partial charge in [-0.25, -0.2) is 9.59 Å². The number of hydrogen-bond donors (Lipinski definition) is 2. The van der Waals surface area contributed by atoms with Crippen LogP contribution in [-0.2, 0) is 32.0 Å². The first-order valence-electron chi connectivity index (χ1n) is 21.7. The monoisotopic (exact) mass is 818 g/mol.